The summed E-state index contributed by atoms with van der Waals surface area (Å²) < 4.78 is 24.0. The summed E-state index contributed by atoms with van der Waals surface area (Å²) in [6.07, 6.45) is 0. The molecule has 126 valence electrons. The van der Waals surface area contributed by atoms with Gasteiger partial charge in [-0.05, 0) is 17.0 Å². The zero-order valence-corrected chi connectivity index (χ0v) is 14.0. The van der Waals surface area contributed by atoms with Gasteiger partial charge in [0.1, 0.15) is 5.75 Å². The van der Waals surface area contributed by atoms with E-state index in [1.54, 1.807) is 38.1 Å². The van der Waals surface area contributed by atoms with Crippen LogP contribution in [-0.4, -0.2) is 48.4 Å². The molecular weight excluding hydrogens is 318 g/mol. The smallest absolute Gasteiger partial charge is 0.312 e. The molecule has 0 fully saturated rings. The molecule has 0 saturated carbocycles. The highest BCUT2D eigenvalue weighted by molar-refractivity contribution is 7.92. The zero-order valence-electron chi connectivity index (χ0n) is 13.2. The van der Waals surface area contributed by atoms with Crippen LogP contribution < -0.4 is 0 Å². The van der Waals surface area contributed by atoms with Gasteiger partial charge in [-0.3, -0.25) is 9.59 Å². The molecule has 0 spiro atoms. The molecule has 7 heteroatoms. The van der Waals surface area contributed by atoms with Crippen LogP contribution in [0.4, 0.5) is 0 Å². The van der Waals surface area contributed by atoms with Crippen LogP contribution in [0.15, 0.2) is 24.3 Å². The van der Waals surface area contributed by atoms with Crippen LogP contribution in [0.2, 0.25) is 0 Å². The van der Waals surface area contributed by atoms with Gasteiger partial charge in [0.05, 0.1) is 11.7 Å². The molecule has 6 nitrogen and oxygen atoms in total. The van der Waals surface area contributed by atoms with Gasteiger partial charge in [0.15, 0.2) is 9.84 Å². The average Bonchev–Trinajstić information content (AvgIpc) is 2.43. The van der Waals surface area contributed by atoms with Crippen molar-refractivity contribution in [3.05, 3.63) is 35.4 Å². The minimum atomic E-state index is -3.48. The third-order valence-corrected chi connectivity index (χ3v) is 5.64. The van der Waals surface area contributed by atoms with Gasteiger partial charge < -0.3 is 10.0 Å². The van der Waals surface area contributed by atoms with E-state index in [0.29, 0.717) is 5.56 Å². The van der Waals surface area contributed by atoms with Gasteiger partial charge in [0, 0.05) is 13.1 Å². The third-order valence-electron chi connectivity index (χ3n) is 3.78. The molecule has 1 atom stereocenters. The third kappa shape index (κ3) is 4.31. The normalized spacial score (nSPS) is 17.9. The number of nitrogens with zero attached hydrogens (tertiary/aromatic N) is 1. The summed E-state index contributed by atoms with van der Waals surface area (Å²) in [5.74, 6) is -3.05. The Kier molecular flexibility index (Phi) is 5.09. The van der Waals surface area contributed by atoms with Crippen LogP contribution in [0, 0.1) is 5.92 Å². The fourth-order valence-corrected chi connectivity index (χ4v) is 4.55. The highest BCUT2D eigenvalue weighted by Crippen LogP contribution is 2.28. The lowest BCUT2D eigenvalue weighted by Gasteiger charge is -2.32. The fraction of sp³-hybridized carbons (Fsp3) is 0.500. The average molecular weight is 339 g/mol. The van der Waals surface area contributed by atoms with Gasteiger partial charge >= 0.3 is 5.97 Å². The first-order valence-electron chi connectivity index (χ1n) is 7.48. The Balaban J connectivity index is 2.19. The summed E-state index contributed by atoms with van der Waals surface area (Å²) in [5, 5.41) is 9.38. The van der Waals surface area contributed by atoms with Gasteiger partial charge in [0.2, 0.25) is 5.91 Å². The molecule has 1 aromatic rings. The summed E-state index contributed by atoms with van der Waals surface area (Å²) >= 11 is 0. The van der Waals surface area contributed by atoms with E-state index in [1.165, 1.54) is 4.90 Å². The number of sulfone groups is 1. The molecule has 0 bridgehead atoms. The van der Waals surface area contributed by atoms with Crippen molar-refractivity contribution in [1.82, 2.24) is 4.90 Å². The topological polar surface area (TPSA) is 91.8 Å². The van der Waals surface area contributed by atoms with E-state index in [9.17, 15) is 23.1 Å². The first-order valence-corrected chi connectivity index (χ1v) is 9.30. The number of benzene rings is 1. The van der Waals surface area contributed by atoms with Crippen molar-refractivity contribution < 1.29 is 23.1 Å². The first-order chi connectivity index (χ1) is 10.7. The molecule has 0 aromatic heterocycles. The van der Waals surface area contributed by atoms with Crippen LogP contribution in [0.3, 0.4) is 0 Å². The minimum Gasteiger partial charge on any atom is -0.481 e. The highest BCUT2D eigenvalue weighted by Gasteiger charge is 2.33. The second kappa shape index (κ2) is 6.70. The Labute approximate surface area is 136 Å². The van der Waals surface area contributed by atoms with Crippen molar-refractivity contribution in [3.63, 3.8) is 0 Å². The van der Waals surface area contributed by atoms with E-state index in [-0.39, 0.29) is 24.8 Å². The Morgan fingerprint density at radius 1 is 1.30 bits per heavy atom. The first kappa shape index (κ1) is 17.5. The van der Waals surface area contributed by atoms with Crippen LogP contribution in [0.5, 0.6) is 0 Å². The van der Waals surface area contributed by atoms with E-state index < -0.39 is 33.4 Å². The Bertz CT molecular complexity index is 711. The van der Waals surface area contributed by atoms with Crippen molar-refractivity contribution in [2.24, 2.45) is 5.92 Å². The van der Waals surface area contributed by atoms with Crippen molar-refractivity contribution in [2.75, 3.05) is 18.1 Å². The Morgan fingerprint density at radius 3 is 2.57 bits per heavy atom. The molecule has 2 rings (SSSR count). The van der Waals surface area contributed by atoms with E-state index in [4.69, 9.17) is 0 Å². The second-order valence-corrected chi connectivity index (χ2v) is 8.42. The van der Waals surface area contributed by atoms with Crippen molar-refractivity contribution in [1.29, 1.82) is 0 Å². The highest BCUT2D eigenvalue weighted by atomic mass is 32.2. The summed E-state index contributed by atoms with van der Waals surface area (Å²) in [4.78, 5) is 25.1. The van der Waals surface area contributed by atoms with E-state index in [1.807, 2.05) is 0 Å². The lowest BCUT2D eigenvalue weighted by atomic mass is 9.90. The monoisotopic (exact) mass is 339 g/mol. The number of hydrogen-bond donors (Lipinski definition) is 1. The number of hydrogen-bond acceptors (Lipinski definition) is 4. The molecular formula is C16H21NO5S. The van der Waals surface area contributed by atoms with E-state index >= 15 is 0 Å². The molecule has 1 N–H and O–H groups in total. The van der Waals surface area contributed by atoms with Crippen molar-refractivity contribution in [3.8, 4) is 0 Å². The summed E-state index contributed by atoms with van der Waals surface area (Å²) in [5.41, 5.74) is 1.44. The van der Waals surface area contributed by atoms with Gasteiger partial charge in [-0.1, -0.05) is 38.1 Å². The number of fused-ring (bicyclic) bond motifs is 1. The van der Waals surface area contributed by atoms with Crippen molar-refractivity contribution in [2.45, 2.75) is 26.3 Å². The summed E-state index contributed by atoms with van der Waals surface area (Å²) in [6, 6.07) is 7.05. The van der Waals surface area contributed by atoms with Crippen LogP contribution in [0.25, 0.3) is 0 Å². The van der Waals surface area contributed by atoms with E-state index in [2.05, 4.69) is 0 Å². The van der Waals surface area contributed by atoms with Gasteiger partial charge in [-0.25, -0.2) is 8.42 Å². The molecule has 0 radical (unpaired) electrons. The maximum atomic E-state index is 12.3. The van der Waals surface area contributed by atoms with Gasteiger partial charge in [-0.2, -0.15) is 0 Å². The maximum absolute atomic E-state index is 12.3. The van der Waals surface area contributed by atoms with Crippen LogP contribution >= 0.6 is 0 Å². The number of carbonyl (C=O) groups is 2. The minimum absolute atomic E-state index is 0.00236. The predicted octanol–water partition coefficient (Wildman–Crippen LogP) is 1.27. The zero-order chi connectivity index (χ0) is 17.2. The molecule has 0 aliphatic carbocycles. The van der Waals surface area contributed by atoms with Gasteiger partial charge in [0.25, 0.3) is 0 Å². The number of carboxylic acids is 1. The summed E-state index contributed by atoms with van der Waals surface area (Å²) in [7, 11) is -3.48. The van der Waals surface area contributed by atoms with Gasteiger partial charge in [-0.15, -0.1) is 0 Å². The largest absolute Gasteiger partial charge is 0.481 e. The second-order valence-electron chi connectivity index (χ2n) is 6.31. The van der Waals surface area contributed by atoms with Crippen LogP contribution in [0.1, 0.15) is 30.9 Å². The molecule has 1 heterocycles. The molecule has 1 amide bonds. The number of rotatable bonds is 5. The Morgan fingerprint density at radius 2 is 1.96 bits per heavy atom. The fourth-order valence-electron chi connectivity index (χ4n) is 2.85. The quantitative estimate of drug-likeness (QED) is 0.872. The maximum Gasteiger partial charge on any atom is 0.312 e. The molecule has 1 unspecified atom stereocenters. The predicted molar refractivity (Wildman–Crippen MR) is 85.7 cm³/mol. The molecule has 23 heavy (non-hydrogen) atoms. The lowest BCUT2D eigenvalue weighted by Crippen LogP contribution is -2.43. The molecule has 1 aliphatic heterocycles. The number of aliphatic carboxylic acids is 1. The SMILES string of the molecule is CC(C)CS(=O)(=O)CC(=O)N1Cc2ccccc2C(C(=O)O)C1. The lowest BCUT2D eigenvalue weighted by molar-refractivity contribution is -0.140. The number of carbonyl (C=O) groups excluding carboxylic acids is 1. The standard InChI is InChI=1S/C16H21NO5S/c1-11(2)9-23(21,22)10-15(18)17-7-12-5-3-4-6-13(12)14(8-17)16(19)20/h3-6,11,14H,7-10H2,1-2H3,(H,19,20). The van der Waals surface area contributed by atoms with Crippen LogP contribution in [-0.2, 0) is 26.0 Å². The number of carboxylic acid groups (broad SMARTS) is 1. The molecule has 1 aliphatic rings. The summed E-state index contributed by atoms with van der Waals surface area (Å²) in [6.45, 7) is 3.80. The molecule has 1 aromatic carbocycles. The van der Waals surface area contributed by atoms with E-state index in [0.717, 1.165) is 5.56 Å². The Hall–Kier alpha value is -1.89. The van der Waals surface area contributed by atoms with Crippen molar-refractivity contribution >= 4 is 21.7 Å². The number of amides is 1. The molecule has 0 saturated heterocycles.